The van der Waals surface area contributed by atoms with Crippen LogP contribution in [0, 0.1) is 0 Å². The zero-order chi connectivity index (χ0) is 23.8. The fourth-order valence-electron chi connectivity index (χ4n) is 5.04. The van der Waals surface area contributed by atoms with Crippen LogP contribution in [0.15, 0.2) is 79.1 Å². The van der Waals surface area contributed by atoms with Crippen molar-refractivity contribution in [3.8, 4) is 16.9 Å². The number of nitrogens with one attached hydrogen (secondary N) is 1. The van der Waals surface area contributed by atoms with Gasteiger partial charge in [0.1, 0.15) is 12.1 Å². The van der Waals surface area contributed by atoms with E-state index in [9.17, 15) is 0 Å². The van der Waals surface area contributed by atoms with Gasteiger partial charge in [-0.05, 0) is 66.9 Å². The molecule has 0 spiro atoms. The first-order chi connectivity index (χ1) is 17.2. The minimum absolute atomic E-state index is 0.304. The van der Waals surface area contributed by atoms with Gasteiger partial charge in [0.2, 0.25) is 0 Å². The maximum absolute atomic E-state index is 6.14. The number of aromatic nitrogens is 3. The van der Waals surface area contributed by atoms with E-state index >= 15 is 0 Å². The lowest BCUT2D eigenvalue weighted by Crippen LogP contribution is -2.39. The van der Waals surface area contributed by atoms with E-state index in [1.54, 1.807) is 0 Å². The Morgan fingerprint density at radius 2 is 1.74 bits per heavy atom. The summed E-state index contributed by atoms with van der Waals surface area (Å²) in [7, 11) is 1.97. The number of nitrogens with zero attached hydrogens (tertiary/aromatic N) is 4. The molecule has 3 aromatic carbocycles. The summed E-state index contributed by atoms with van der Waals surface area (Å²) < 4.78 is 2.08. The minimum atomic E-state index is 0.304. The second kappa shape index (κ2) is 9.13. The van der Waals surface area contributed by atoms with Crippen LogP contribution in [0.25, 0.3) is 38.9 Å². The van der Waals surface area contributed by atoms with Gasteiger partial charge >= 0.3 is 0 Å². The monoisotopic (exact) mass is 462 g/mol. The van der Waals surface area contributed by atoms with Crippen molar-refractivity contribution in [1.29, 1.82) is 0 Å². The Labute approximate surface area is 205 Å². The topological polar surface area (TPSA) is 72.0 Å². The zero-order valence-corrected chi connectivity index (χ0v) is 20.0. The van der Waals surface area contributed by atoms with Crippen molar-refractivity contribution in [3.05, 3.63) is 84.7 Å². The van der Waals surface area contributed by atoms with Crippen molar-refractivity contribution in [2.75, 3.05) is 25.0 Å². The summed E-state index contributed by atoms with van der Waals surface area (Å²) in [6, 6.07) is 26.1. The second-order valence-electron chi connectivity index (χ2n) is 9.39. The minimum Gasteiger partial charge on any atom is -0.370 e. The summed E-state index contributed by atoms with van der Waals surface area (Å²) in [4.78, 5) is 12.3. The number of imidazole rings is 1. The van der Waals surface area contributed by atoms with Crippen molar-refractivity contribution < 1.29 is 0 Å². The van der Waals surface area contributed by atoms with Crippen LogP contribution in [-0.4, -0.2) is 40.7 Å². The Hall–Kier alpha value is -3.74. The number of nitrogens with two attached hydrogens (primary N) is 1. The van der Waals surface area contributed by atoms with Gasteiger partial charge in [-0.2, -0.15) is 0 Å². The summed E-state index contributed by atoms with van der Waals surface area (Å²) in [6.45, 7) is 2.81. The van der Waals surface area contributed by atoms with Gasteiger partial charge in [-0.3, -0.25) is 4.57 Å². The molecule has 35 heavy (non-hydrogen) atoms. The van der Waals surface area contributed by atoms with Crippen LogP contribution in [0.5, 0.6) is 0 Å². The summed E-state index contributed by atoms with van der Waals surface area (Å²) in [6.07, 6.45) is 3.91. The van der Waals surface area contributed by atoms with E-state index in [1.807, 2.05) is 13.4 Å². The molecule has 6 rings (SSSR count). The maximum Gasteiger partial charge on any atom is 0.139 e. The van der Waals surface area contributed by atoms with Gasteiger partial charge < -0.3 is 16.0 Å². The second-order valence-corrected chi connectivity index (χ2v) is 9.39. The molecule has 1 aliphatic rings. The smallest absolute Gasteiger partial charge is 0.139 e. The number of para-hydroxylation sites is 1. The van der Waals surface area contributed by atoms with Crippen LogP contribution < -0.4 is 16.0 Å². The third kappa shape index (κ3) is 4.16. The summed E-state index contributed by atoms with van der Waals surface area (Å²) in [5.41, 5.74) is 14.0. The summed E-state index contributed by atoms with van der Waals surface area (Å²) in [5, 5.41) is 4.34. The molecule has 5 aromatic rings. The molecule has 2 aromatic heterocycles. The van der Waals surface area contributed by atoms with Gasteiger partial charge in [0, 0.05) is 31.1 Å². The normalized spacial score (nSPS) is 14.7. The van der Waals surface area contributed by atoms with Crippen molar-refractivity contribution >= 4 is 27.6 Å². The molecule has 6 heteroatoms. The van der Waals surface area contributed by atoms with Crippen LogP contribution in [-0.2, 0) is 6.54 Å². The summed E-state index contributed by atoms with van der Waals surface area (Å²) in [5.74, 6) is 0.880. The highest BCUT2D eigenvalue weighted by Gasteiger charge is 2.19. The molecule has 176 valence electrons. The molecule has 0 bridgehead atoms. The van der Waals surface area contributed by atoms with Crippen molar-refractivity contribution in [2.45, 2.75) is 25.4 Å². The Balaban J connectivity index is 1.36. The number of hydrogen-bond donors (Lipinski definition) is 2. The Morgan fingerprint density at radius 1 is 0.943 bits per heavy atom. The molecule has 0 saturated carbocycles. The zero-order valence-electron chi connectivity index (χ0n) is 20.0. The highest BCUT2D eigenvalue weighted by atomic mass is 15.2. The molecule has 1 saturated heterocycles. The maximum atomic E-state index is 6.14. The van der Waals surface area contributed by atoms with Crippen LogP contribution in [0.1, 0.15) is 18.4 Å². The molecular weight excluding hydrogens is 432 g/mol. The van der Waals surface area contributed by atoms with Gasteiger partial charge in [0.15, 0.2) is 0 Å². The average Bonchev–Trinajstić information content (AvgIpc) is 3.33. The Kier molecular flexibility index (Phi) is 5.68. The molecule has 0 amide bonds. The van der Waals surface area contributed by atoms with Crippen LogP contribution >= 0.6 is 0 Å². The molecule has 6 nitrogen and oxygen atoms in total. The number of piperidine rings is 1. The fraction of sp³-hybridized carbons (Fsp3) is 0.241. The third-order valence-electron chi connectivity index (χ3n) is 7.03. The molecular formula is C29H30N6. The highest BCUT2D eigenvalue weighted by molar-refractivity contribution is 5.92. The number of fused-ring (bicyclic) bond motifs is 2. The number of hydrogen-bond acceptors (Lipinski definition) is 5. The largest absolute Gasteiger partial charge is 0.370 e. The molecule has 1 fully saturated rings. The van der Waals surface area contributed by atoms with Gasteiger partial charge in [-0.25, -0.2) is 9.97 Å². The third-order valence-corrected chi connectivity index (χ3v) is 7.03. The molecule has 0 aliphatic carbocycles. The van der Waals surface area contributed by atoms with E-state index in [0.717, 1.165) is 65.8 Å². The molecule has 0 unspecified atom stereocenters. The number of benzene rings is 3. The average molecular weight is 463 g/mol. The van der Waals surface area contributed by atoms with Crippen LogP contribution in [0.2, 0.25) is 0 Å². The Bertz CT molecular complexity index is 1480. The fourth-order valence-corrected chi connectivity index (χ4v) is 5.04. The van der Waals surface area contributed by atoms with E-state index in [2.05, 4.69) is 87.6 Å². The first kappa shape index (κ1) is 21.8. The lowest BCUT2D eigenvalue weighted by molar-refractivity contribution is 0.502. The van der Waals surface area contributed by atoms with E-state index in [-0.39, 0.29) is 0 Å². The number of rotatable bonds is 5. The number of anilines is 1. The Morgan fingerprint density at radius 3 is 2.54 bits per heavy atom. The lowest BCUT2D eigenvalue weighted by atomic mass is 10.0. The van der Waals surface area contributed by atoms with E-state index in [4.69, 9.17) is 15.7 Å². The van der Waals surface area contributed by atoms with E-state index in [0.29, 0.717) is 6.04 Å². The van der Waals surface area contributed by atoms with Crippen molar-refractivity contribution in [1.82, 2.24) is 19.9 Å². The number of pyridine rings is 1. The molecule has 3 N–H and O–H groups in total. The van der Waals surface area contributed by atoms with Gasteiger partial charge in [-0.15, -0.1) is 0 Å². The summed E-state index contributed by atoms with van der Waals surface area (Å²) >= 11 is 0. The molecule has 0 radical (unpaired) electrons. The molecule has 3 heterocycles. The SMILES string of the molecule is CNCc1ccc(-c2ccc3c(c2)ncn3-c2ccc3cccc(N4CCC(N)CC4)c3n2)cc1. The standard InChI is InChI=1S/C29H30N6/c1-31-18-20-5-7-21(8-6-20)23-9-11-26-25(17-23)32-19-35(26)28-12-10-22-3-2-4-27(29(22)33-28)34-15-13-24(30)14-16-34/h2-12,17,19,24,31H,13-16,18,30H2,1H3. The molecule has 1 aliphatic heterocycles. The first-order valence-corrected chi connectivity index (χ1v) is 12.3. The van der Waals surface area contributed by atoms with Crippen molar-refractivity contribution in [2.24, 2.45) is 5.73 Å². The van der Waals surface area contributed by atoms with E-state index < -0.39 is 0 Å². The van der Waals surface area contributed by atoms with Gasteiger partial charge in [0.05, 0.1) is 22.2 Å². The van der Waals surface area contributed by atoms with E-state index in [1.165, 1.54) is 16.8 Å². The van der Waals surface area contributed by atoms with Crippen LogP contribution in [0.4, 0.5) is 5.69 Å². The first-order valence-electron chi connectivity index (χ1n) is 12.3. The predicted molar refractivity (Wildman–Crippen MR) is 144 cm³/mol. The van der Waals surface area contributed by atoms with Crippen LogP contribution in [0.3, 0.4) is 0 Å². The van der Waals surface area contributed by atoms with Crippen molar-refractivity contribution in [3.63, 3.8) is 0 Å². The predicted octanol–water partition coefficient (Wildman–Crippen LogP) is 4.89. The quantitative estimate of drug-likeness (QED) is 0.389. The highest BCUT2D eigenvalue weighted by Crippen LogP contribution is 2.30. The van der Waals surface area contributed by atoms with Gasteiger partial charge in [0.25, 0.3) is 0 Å². The molecule has 0 atom stereocenters. The van der Waals surface area contributed by atoms with Gasteiger partial charge in [-0.1, -0.05) is 42.5 Å². The lowest BCUT2D eigenvalue weighted by Gasteiger charge is -2.32.